The van der Waals surface area contributed by atoms with Crippen molar-refractivity contribution >= 4 is 23.6 Å². The summed E-state index contributed by atoms with van der Waals surface area (Å²) in [6, 6.07) is 19.7. The number of hydrogen-bond acceptors (Lipinski definition) is 4. The Morgan fingerprint density at radius 2 is 1.77 bits per heavy atom. The Morgan fingerprint density at radius 3 is 2.37 bits per heavy atom. The quantitative estimate of drug-likeness (QED) is 0.210. The summed E-state index contributed by atoms with van der Waals surface area (Å²) in [6.45, 7) is 3.69. The molecule has 3 aromatic rings. The van der Waals surface area contributed by atoms with Crippen LogP contribution in [0.1, 0.15) is 32.6 Å². The molecule has 0 aromatic heterocycles. The van der Waals surface area contributed by atoms with Gasteiger partial charge in [-0.15, -0.1) is 0 Å². The van der Waals surface area contributed by atoms with E-state index in [4.69, 9.17) is 4.74 Å². The van der Waals surface area contributed by atoms with Crippen molar-refractivity contribution in [3.63, 3.8) is 0 Å². The van der Waals surface area contributed by atoms with Gasteiger partial charge < -0.3 is 4.74 Å². The van der Waals surface area contributed by atoms with Gasteiger partial charge in [-0.2, -0.15) is 0 Å². The van der Waals surface area contributed by atoms with Crippen molar-refractivity contribution in [3.05, 3.63) is 117 Å². The number of benzene rings is 3. The number of carbonyl (C=O) groups is 1. The lowest BCUT2D eigenvalue weighted by molar-refractivity contribution is -0.385. The highest BCUT2D eigenvalue weighted by Gasteiger charge is 2.23. The lowest BCUT2D eigenvalue weighted by atomic mass is 9.98. The summed E-state index contributed by atoms with van der Waals surface area (Å²) >= 11 is 0. The largest absolute Gasteiger partial charge is 0.496 e. The fourth-order valence-corrected chi connectivity index (χ4v) is 3.19. The van der Waals surface area contributed by atoms with E-state index < -0.39 is 4.92 Å². The molecule has 0 aliphatic carbocycles. The number of ketones is 1. The summed E-state index contributed by atoms with van der Waals surface area (Å²) in [6.07, 6.45) is 4.87. The number of rotatable bonds is 8. The molecule has 3 aromatic carbocycles. The van der Waals surface area contributed by atoms with E-state index in [-0.39, 0.29) is 11.5 Å². The fraction of sp³-hybridized carbons (Fsp3) is 0.0800. The third-order valence-corrected chi connectivity index (χ3v) is 4.74. The monoisotopic (exact) mass is 399 g/mol. The molecule has 0 bridgehead atoms. The molecule has 0 N–H and O–H groups in total. The highest BCUT2D eigenvalue weighted by molar-refractivity contribution is 6.07. The van der Waals surface area contributed by atoms with Crippen LogP contribution in [0.15, 0.2) is 79.4 Å². The zero-order chi connectivity index (χ0) is 21.5. The molecule has 0 amide bonds. The zero-order valence-corrected chi connectivity index (χ0v) is 16.6. The second-order valence-electron chi connectivity index (χ2n) is 6.63. The van der Waals surface area contributed by atoms with Crippen LogP contribution in [0.3, 0.4) is 0 Å². The number of methoxy groups -OCH3 is 1. The molecule has 30 heavy (non-hydrogen) atoms. The molecule has 0 saturated heterocycles. The van der Waals surface area contributed by atoms with Gasteiger partial charge in [0, 0.05) is 12.0 Å². The summed E-state index contributed by atoms with van der Waals surface area (Å²) < 4.78 is 5.38. The summed E-state index contributed by atoms with van der Waals surface area (Å²) in [7, 11) is 1.49. The predicted octanol–water partition coefficient (Wildman–Crippen LogP) is 5.73. The van der Waals surface area contributed by atoms with E-state index in [0.717, 1.165) is 11.1 Å². The van der Waals surface area contributed by atoms with Gasteiger partial charge in [0.25, 0.3) is 5.69 Å². The Balaban J connectivity index is 1.98. The van der Waals surface area contributed by atoms with Crippen LogP contribution in [0.4, 0.5) is 5.69 Å². The van der Waals surface area contributed by atoms with Crippen LogP contribution in [0.5, 0.6) is 5.75 Å². The minimum Gasteiger partial charge on any atom is -0.496 e. The lowest BCUT2D eigenvalue weighted by Crippen LogP contribution is -2.03. The Labute approximate surface area is 175 Å². The summed E-state index contributed by atoms with van der Waals surface area (Å²) in [4.78, 5) is 24.0. The highest BCUT2D eigenvalue weighted by atomic mass is 16.6. The van der Waals surface area contributed by atoms with Crippen molar-refractivity contribution in [2.75, 3.05) is 7.11 Å². The normalized spacial score (nSPS) is 10.7. The van der Waals surface area contributed by atoms with Crippen molar-refractivity contribution in [1.82, 2.24) is 0 Å². The molecule has 0 aliphatic heterocycles. The van der Waals surface area contributed by atoms with E-state index in [0.29, 0.717) is 28.9 Å². The van der Waals surface area contributed by atoms with Gasteiger partial charge >= 0.3 is 0 Å². The number of nitro groups is 1. The molecule has 0 spiro atoms. The smallest absolute Gasteiger partial charge is 0.283 e. The van der Waals surface area contributed by atoms with Gasteiger partial charge in [-0.05, 0) is 35.4 Å². The minimum atomic E-state index is -0.427. The predicted molar refractivity (Wildman–Crippen MR) is 119 cm³/mol. The Morgan fingerprint density at radius 1 is 1.07 bits per heavy atom. The van der Waals surface area contributed by atoms with Crippen LogP contribution in [0, 0.1) is 10.1 Å². The molecular weight excluding hydrogens is 378 g/mol. The van der Waals surface area contributed by atoms with E-state index in [9.17, 15) is 14.9 Å². The molecule has 0 fully saturated rings. The molecule has 5 nitrogen and oxygen atoms in total. The van der Waals surface area contributed by atoms with Crippen molar-refractivity contribution in [2.45, 2.75) is 6.42 Å². The fourth-order valence-electron chi connectivity index (χ4n) is 3.19. The third kappa shape index (κ3) is 4.70. The molecule has 0 heterocycles. The molecule has 0 aliphatic rings. The van der Waals surface area contributed by atoms with Gasteiger partial charge in [0.15, 0.2) is 5.78 Å². The van der Waals surface area contributed by atoms with Crippen LogP contribution in [0.25, 0.3) is 12.2 Å². The Bertz CT molecular complexity index is 1100. The van der Waals surface area contributed by atoms with Gasteiger partial charge in [0.05, 0.1) is 23.2 Å². The number of carbonyl (C=O) groups excluding carboxylic acids is 1. The van der Waals surface area contributed by atoms with Crippen LogP contribution >= 0.6 is 0 Å². The first-order valence-corrected chi connectivity index (χ1v) is 9.36. The van der Waals surface area contributed by atoms with Gasteiger partial charge in [-0.3, -0.25) is 14.9 Å². The molecular formula is C25H21NO4. The first-order valence-electron chi connectivity index (χ1n) is 9.36. The van der Waals surface area contributed by atoms with Gasteiger partial charge in [0.2, 0.25) is 0 Å². The molecule has 0 unspecified atom stereocenters. The maximum Gasteiger partial charge on any atom is 0.283 e. The van der Waals surface area contributed by atoms with Crippen molar-refractivity contribution in [1.29, 1.82) is 0 Å². The average Bonchev–Trinajstić information content (AvgIpc) is 2.78. The third-order valence-electron chi connectivity index (χ3n) is 4.74. The van der Waals surface area contributed by atoms with Gasteiger partial charge in [-0.1, -0.05) is 67.3 Å². The molecule has 0 saturated carbocycles. The van der Waals surface area contributed by atoms with E-state index in [1.165, 1.54) is 19.3 Å². The SMILES string of the molecule is C=Cc1ccc(C(=O)C=Cc2ccc(OC)c(Cc3ccccc3)c2[N+](=O)[O-])cc1. The molecule has 0 atom stereocenters. The number of allylic oxidation sites excluding steroid dienone is 1. The minimum absolute atomic E-state index is 0.0655. The van der Waals surface area contributed by atoms with Crippen molar-refractivity contribution in [3.8, 4) is 5.75 Å². The second-order valence-corrected chi connectivity index (χ2v) is 6.63. The van der Waals surface area contributed by atoms with Crippen LogP contribution in [0.2, 0.25) is 0 Å². The van der Waals surface area contributed by atoms with Gasteiger partial charge in [0.1, 0.15) is 5.75 Å². The molecule has 150 valence electrons. The maximum absolute atomic E-state index is 12.5. The second kappa shape index (κ2) is 9.47. The highest BCUT2D eigenvalue weighted by Crippen LogP contribution is 2.34. The summed E-state index contributed by atoms with van der Waals surface area (Å²) in [5.74, 6) is 0.203. The van der Waals surface area contributed by atoms with Crippen molar-refractivity contribution < 1.29 is 14.5 Å². The number of nitrogens with zero attached hydrogens (tertiary/aromatic N) is 1. The molecule has 5 heteroatoms. The first-order chi connectivity index (χ1) is 14.5. The van der Waals surface area contributed by atoms with E-state index >= 15 is 0 Å². The number of ether oxygens (including phenoxy) is 1. The van der Waals surface area contributed by atoms with Crippen molar-refractivity contribution in [2.24, 2.45) is 0 Å². The lowest BCUT2D eigenvalue weighted by Gasteiger charge is -2.11. The number of hydrogen-bond donors (Lipinski definition) is 0. The topological polar surface area (TPSA) is 69.4 Å². The van der Waals surface area contributed by atoms with Gasteiger partial charge in [-0.25, -0.2) is 0 Å². The average molecular weight is 399 g/mol. The van der Waals surface area contributed by atoms with Crippen LogP contribution in [-0.4, -0.2) is 17.8 Å². The number of nitro benzene ring substituents is 1. The Hall–Kier alpha value is -3.99. The molecule has 0 radical (unpaired) electrons. The summed E-state index contributed by atoms with van der Waals surface area (Å²) in [5, 5.41) is 11.9. The first kappa shape index (κ1) is 20.7. The standard InChI is InChI=1S/C25H21NO4/c1-3-18-9-11-20(12-10-18)23(27)15-13-21-14-16-24(30-2)22(25(21)26(28)29)17-19-7-5-4-6-8-19/h3-16H,1,17H2,2H3. The summed E-state index contributed by atoms with van der Waals surface area (Å²) in [5.41, 5.74) is 3.09. The van der Waals surface area contributed by atoms with E-state index in [1.807, 2.05) is 30.3 Å². The van der Waals surface area contributed by atoms with Crippen LogP contribution in [-0.2, 0) is 6.42 Å². The zero-order valence-electron chi connectivity index (χ0n) is 16.6. The maximum atomic E-state index is 12.5. The van der Waals surface area contributed by atoms with E-state index in [2.05, 4.69) is 6.58 Å². The van der Waals surface area contributed by atoms with E-state index in [1.54, 1.807) is 42.5 Å². The van der Waals surface area contributed by atoms with Crippen LogP contribution < -0.4 is 4.74 Å². The molecule has 3 rings (SSSR count). The Kier molecular flexibility index (Phi) is 6.55.